The molecule has 0 saturated carbocycles. The van der Waals surface area contributed by atoms with Crippen molar-refractivity contribution in [2.24, 2.45) is 5.41 Å². The van der Waals surface area contributed by atoms with Crippen molar-refractivity contribution in [3.63, 3.8) is 0 Å². The minimum atomic E-state index is -0.187. The highest BCUT2D eigenvalue weighted by Crippen LogP contribution is 2.28. The molecule has 2 amide bonds. The van der Waals surface area contributed by atoms with Gasteiger partial charge in [-0.25, -0.2) is 4.79 Å². The lowest BCUT2D eigenvalue weighted by molar-refractivity contribution is 0.201. The lowest BCUT2D eigenvalue weighted by atomic mass is 9.90. The molecule has 4 N–H and O–H groups in total. The highest BCUT2D eigenvalue weighted by Gasteiger charge is 2.18. The van der Waals surface area contributed by atoms with Crippen molar-refractivity contribution >= 4 is 16.9 Å². The third kappa shape index (κ3) is 4.64. The Hall–Kier alpha value is -2.21. The molecule has 1 aromatic heterocycles. The number of rotatable bonds is 8. The molecule has 6 nitrogen and oxygen atoms in total. The molecule has 132 valence electrons. The third-order valence-electron chi connectivity index (χ3n) is 4.17. The Morgan fingerprint density at radius 1 is 1.33 bits per heavy atom. The molecule has 6 heteroatoms. The molecular weight excluding hydrogens is 306 g/mol. The number of H-pyrrole nitrogens is 1. The number of fused-ring (bicyclic) bond motifs is 1. The van der Waals surface area contributed by atoms with E-state index in [9.17, 15) is 4.79 Å². The van der Waals surface area contributed by atoms with Gasteiger partial charge in [-0.05, 0) is 36.0 Å². The largest absolute Gasteiger partial charge is 0.496 e. The van der Waals surface area contributed by atoms with Gasteiger partial charge in [-0.1, -0.05) is 19.9 Å². The van der Waals surface area contributed by atoms with Crippen LogP contribution in [-0.4, -0.2) is 42.9 Å². The number of nitrogens with one attached hydrogen (secondary N) is 3. The Balaban J connectivity index is 1.85. The van der Waals surface area contributed by atoms with E-state index in [0.29, 0.717) is 25.9 Å². The number of methoxy groups -OCH3 is 1. The van der Waals surface area contributed by atoms with Gasteiger partial charge in [0.25, 0.3) is 0 Å². The summed E-state index contributed by atoms with van der Waals surface area (Å²) in [6.07, 6.45) is 3.33. The Labute approximate surface area is 142 Å². The number of hydrogen-bond acceptors (Lipinski definition) is 3. The quantitative estimate of drug-likeness (QED) is 0.598. The number of aliphatic hydroxyl groups excluding tert-OH is 1. The normalized spacial score (nSPS) is 11.5. The van der Waals surface area contributed by atoms with E-state index in [0.717, 1.165) is 22.2 Å². The van der Waals surface area contributed by atoms with Gasteiger partial charge in [-0.3, -0.25) is 0 Å². The second-order valence-corrected chi connectivity index (χ2v) is 6.69. The highest BCUT2D eigenvalue weighted by atomic mass is 16.5. The van der Waals surface area contributed by atoms with Crippen LogP contribution in [0.15, 0.2) is 24.4 Å². The number of benzene rings is 1. The molecule has 24 heavy (non-hydrogen) atoms. The summed E-state index contributed by atoms with van der Waals surface area (Å²) in [6, 6.07) is 5.70. The number of carbonyl (C=O) groups is 1. The van der Waals surface area contributed by atoms with Crippen LogP contribution < -0.4 is 15.4 Å². The smallest absolute Gasteiger partial charge is 0.314 e. The van der Waals surface area contributed by atoms with Crippen molar-refractivity contribution in [1.29, 1.82) is 0 Å². The number of amides is 2. The van der Waals surface area contributed by atoms with E-state index in [4.69, 9.17) is 9.84 Å². The molecule has 1 heterocycles. The number of aromatic amines is 1. The predicted octanol–water partition coefficient (Wildman–Crippen LogP) is 2.43. The Morgan fingerprint density at radius 3 is 2.83 bits per heavy atom. The van der Waals surface area contributed by atoms with E-state index in [2.05, 4.69) is 15.6 Å². The average Bonchev–Trinajstić information content (AvgIpc) is 2.96. The average molecular weight is 333 g/mol. The van der Waals surface area contributed by atoms with Gasteiger partial charge in [0.15, 0.2) is 0 Å². The van der Waals surface area contributed by atoms with E-state index in [1.807, 2.05) is 38.2 Å². The Morgan fingerprint density at radius 2 is 2.12 bits per heavy atom. The molecular formula is C18H27N3O3. The molecule has 0 aliphatic carbocycles. The van der Waals surface area contributed by atoms with E-state index in [-0.39, 0.29) is 18.1 Å². The summed E-state index contributed by atoms with van der Waals surface area (Å²) in [7, 11) is 1.66. The molecule has 0 unspecified atom stereocenters. The first-order valence-corrected chi connectivity index (χ1v) is 8.22. The van der Waals surface area contributed by atoms with Gasteiger partial charge in [0.2, 0.25) is 0 Å². The standard InChI is InChI=1S/C18H27N3O3/c1-18(2,8-10-22)12-21-17(23)19-9-7-13-11-20-14-5-4-6-15(24-3)16(13)14/h4-6,11,20,22H,7-10,12H2,1-3H3,(H2,19,21,23). The predicted molar refractivity (Wildman–Crippen MR) is 95.4 cm³/mol. The third-order valence-corrected chi connectivity index (χ3v) is 4.17. The maximum absolute atomic E-state index is 11.9. The Bertz CT molecular complexity index is 679. The van der Waals surface area contributed by atoms with Gasteiger partial charge >= 0.3 is 6.03 Å². The topological polar surface area (TPSA) is 86.4 Å². The van der Waals surface area contributed by atoms with Gasteiger partial charge < -0.3 is 25.5 Å². The molecule has 0 aliphatic heterocycles. The number of carbonyl (C=O) groups excluding carboxylic acids is 1. The van der Waals surface area contributed by atoms with Crippen LogP contribution in [0, 0.1) is 5.41 Å². The second kappa shape index (κ2) is 8.06. The number of aliphatic hydroxyl groups is 1. The maximum atomic E-state index is 11.9. The first kappa shape index (κ1) is 18.1. The second-order valence-electron chi connectivity index (χ2n) is 6.69. The Kier molecular flexibility index (Phi) is 6.09. The van der Waals surface area contributed by atoms with E-state index >= 15 is 0 Å². The van der Waals surface area contributed by atoms with Crippen LogP contribution in [0.3, 0.4) is 0 Å². The summed E-state index contributed by atoms with van der Waals surface area (Å²) in [5.74, 6) is 0.832. The fraction of sp³-hybridized carbons (Fsp3) is 0.500. The number of hydrogen-bond donors (Lipinski definition) is 4. The van der Waals surface area contributed by atoms with E-state index in [1.54, 1.807) is 7.11 Å². The monoisotopic (exact) mass is 333 g/mol. The first-order chi connectivity index (χ1) is 11.5. The summed E-state index contributed by atoms with van der Waals surface area (Å²) in [5, 5.41) is 15.8. The molecule has 0 saturated heterocycles. The van der Waals surface area contributed by atoms with Gasteiger partial charge in [-0.15, -0.1) is 0 Å². The molecule has 0 radical (unpaired) electrons. The van der Waals surface area contributed by atoms with Crippen molar-refractivity contribution in [3.05, 3.63) is 30.0 Å². The summed E-state index contributed by atoms with van der Waals surface area (Å²) in [6.45, 7) is 5.22. The van der Waals surface area contributed by atoms with Gasteiger partial charge in [0.1, 0.15) is 5.75 Å². The van der Waals surface area contributed by atoms with Gasteiger partial charge in [-0.2, -0.15) is 0 Å². The molecule has 0 bridgehead atoms. The van der Waals surface area contributed by atoms with Crippen molar-refractivity contribution in [3.8, 4) is 5.75 Å². The summed E-state index contributed by atoms with van der Waals surface area (Å²) >= 11 is 0. The van der Waals surface area contributed by atoms with Crippen LogP contribution >= 0.6 is 0 Å². The zero-order chi connectivity index (χ0) is 17.6. The zero-order valence-electron chi connectivity index (χ0n) is 14.6. The van der Waals surface area contributed by atoms with Crippen molar-refractivity contribution < 1.29 is 14.6 Å². The van der Waals surface area contributed by atoms with Crippen LogP contribution in [-0.2, 0) is 6.42 Å². The number of urea groups is 1. The lowest BCUT2D eigenvalue weighted by Crippen LogP contribution is -2.41. The molecule has 1 aromatic carbocycles. The molecule has 0 aliphatic rings. The van der Waals surface area contributed by atoms with Crippen molar-refractivity contribution in [1.82, 2.24) is 15.6 Å². The number of ether oxygens (including phenoxy) is 1. The SMILES string of the molecule is COc1cccc2[nH]cc(CCNC(=O)NCC(C)(C)CCO)c12. The summed E-state index contributed by atoms with van der Waals surface area (Å²) < 4.78 is 5.41. The van der Waals surface area contributed by atoms with Crippen molar-refractivity contribution in [2.75, 3.05) is 26.8 Å². The van der Waals surface area contributed by atoms with Crippen LogP contribution in [0.25, 0.3) is 10.9 Å². The van der Waals surface area contributed by atoms with Gasteiger partial charge in [0.05, 0.1) is 7.11 Å². The molecule has 0 spiro atoms. The molecule has 2 rings (SSSR count). The fourth-order valence-electron chi connectivity index (χ4n) is 2.67. The summed E-state index contributed by atoms with van der Waals surface area (Å²) in [5.41, 5.74) is 2.03. The highest BCUT2D eigenvalue weighted by molar-refractivity contribution is 5.89. The van der Waals surface area contributed by atoms with Crippen LogP contribution in [0.2, 0.25) is 0 Å². The van der Waals surface area contributed by atoms with Gasteiger partial charge in [0, 0.05) is 36.8 Å². The maximum Gasteiger partial charge on any atom is 0.314 e. The van der Waals surface area contributed by atoms with E-state index in [1.165, 1.54) is 0 Å². The van der Waals surface area contributed by atoms with Crippen LogP contribution in [0.5, 0.6) is 5.75 Å². The number of aromatic nitrogens is 1. The van der Waals surface area contributed by atoms with Crippen molar-refractivity contribution in [2.45, 2.75) is 26.7 Å². The summed E-state index contributed by atoms with van der Waals surface area (Å²) in [4.78, 5) is 15.1. The first-order valence-electron chi connectivity index (χ1n) is 8.22. The van der Waals surface area contributed by atoms with Crippen LogP contribution in [0.1, 0.15) is 25.8 Å². The zero-order valence-corrected chi connectivity index (χ0v) is 14.6. The van der Waals surface area contributed by atoms with Crippen LogP contribution in [0.4, 0.5) is 4.79 Å². The minimum Gasteiger partial charge on any atom is -0.496 e. The minimum absolute atomic E-state index is 0.115. The van der Waals surface area contributed by atoms with E-state index < -0.39 is 0 Å². The molecule has 0 fully saturated rings. The fourth-order valence-corrected chi connectivity index (χ4v) is 2.67. The molecule has 2 aromatic rings. The molecule has 0 atom stereocenters. The lowest BCUT2D eigenvalue weighted by Gasteiger charge is -2.23.